The number of nitrogens with zero attached hydrogens (tertiary/aromatic N) is 5. The van der Waals surface area contributed by atoms with Crippen LogP contribution in [-0.2, 0) is 17.7 Å². The normalized spacial score (nSPS) is 10.8. The van der Waals surface area contributed by atoms with Crippen molar-refractivity contribution in [1.29, 1.82) is 0 Å². The standard InChI is InChI=1S/C16H19N7O4/c1-5-9-12-13(14(24)18-15(17-12)19-16(25)27-4)23(22-9)7-10-11(26-3)6-8(2)20-21-10/h6H,5,7H2,1-4H3,(H2,17,18,19,24,25). The molecule has 2 N–H and O–H groups in total. The van der Waals surface area contributed by atoms with Crippen LogP contribution in [0.1, 0.15) is 24.0 Å². The van der Waals surface area contributed by atoms with Gasteiger partial charge in [0.25, 0.3) is 5.56 Å². The zero-order valence-electron chi connectivity index (χ0n) is 15.4. The molecule has 3 aromatic rings. The second-order valence-corrected chi connectivity index (χ2v) is 5.69. The Hall–Kier alpha value is -3.50. The average molecular weight is 373 g/mol. The lowest BCUT2D eigenvalue weighted by molar-refractivity contribution is 0.186. The number of aromatic nitrogens is 6. The summed E-state index contributed by atoms with van der Waals surface area (Å²) >= 11 is 0. The summed E-state index contributed by atoms with van der Waals surface area (Å²) in [5.74, 6) is 0.541. The zero-order valence-corrected chi connectivity index (χ0v) is 15.4. The van der Waals surface area contributed by atoms with Crippen molar-refractivity contribution in [1.82, 2.24) is 29.9 Å². The lowest BCUT2D eigenvalue weighted by atomic mass is 10.3. The summed E-state index contributed by atoms with van der Waals surface area (Å²) in [6.07, 6.45) is -0.184. The number of methoxy groups -OCH3 is 2. The minimum absolute atomic E-state index is 0.0127. The van der Waals surface area contributed by atoms with Gasteiger partial charge in [-0.3, -0.25) is 19.8 Å². The first-order valence-electron chi connectivity index (χ1n) is 8.18. The van der Waals surface area contributed by atoms with Crippen LogP contribution in [-0.4, -0.2) is 50.3 Å². The van der Waals surface area contributed by atoms with E-state index in [4.69, 9.17) is 4.74 Å². The monoisotopic (exact) mass is 373 g/mol. The van der Waals surface area contributed by atoms with Crippen molar-refractivity contribution in [2.75, 3.05) is 19.5 Å². The van der Waals surface area contributed by atoms with Crippen LogP contribution >= 0.6 is 0 Å². The number of nitrogens with one attached hydrogen (secondary N) is 2. The molecule has 1 amide bonds. The van der Waals surface area contributed by atoms with E-state index >= 15 is 0 Å². The lowest BCUT2D eigenvalue weighted by Gasteiger charge is -2.08. The van der Waals surface area contributed by atoms with Gasteiger partial charge < -0.3 is 9.47 Å². The molecular weight excluding hydrogens is 354 g/mol. The van der Waals surface area contributed by atoms with Crippen LogP contribution in [0.2, 0.25) is 0 Å². The number of fused-ring (bicyclic) bond motifs is 1. The number of aromatic amines is 1. The van der Waals surface area contributed by atoms with Crippen LogP contribution in [0.5, 0.6) is 5.75 Å². The molecule has 0 unspecified atom stereocenters. The van der Waals surface area contributed by atoms with Crippen LogP contribution in [0.15, 0.2) is 10.9 Å². The van der Waals surface area contributed by atoms with Gasteiger partial charge in [-0.1, -0.05) is 6.92 Å². The molecule has 142 valence electrons. The Balaban J connectivity index is 2.09. The van der Waals surface area contributed by atoms with Gasteiger partial charge in [0.2, 0.25) is 5.95 Å². The second kappa shape index (κ2) is 7.40. The predicted octanol–water partition coefficient (Wildman–Crippen LogP) is 1.02. The Bertz CT molecular complexity index is 1060. The van der Waals surface area contributed by atoms with Crippen molar-refractivity contribution in [3.05, 3.63) is 33.5 Å². The van der Waals surface area contributed by atoms with Gasteiger partial charge in [-0.25, -0.2) is 9.78 Å². The number of carbonyl (C=O) groups excluding carboxylic acids is 1. The molecule has 3 heterocycles. The van der Waals surface area contributed by atoms with E-state index in [-0.39, 0.29) is 18.0 Å². The van der Waals surface area contributed by atoms with E-state index in [0.717, 1.165) is 0 Å². The van der Waals surface area contributed by atoms with Gasteiger partial charge in [0.15, 0.2) is 5.52 Å². The number of carbonyl (C=O) groups is 1. The fourth-order valence-corrected chi connectivity index (χ4v) is 2.63. The van der Waals surface area contributed by atoms with Crippen molar-refractivity contribution in [2.45, 2.75) is 26.8 Å². The van der Waals surface area contributed by atoms with Crippen LogP contribution in [0.25, 0.3) is 11.0 Å². The lowest BCUT2D eigenvalue weighted by Crippen LogP contribution is -2.20. The Morgan fingerprint density at radius 1 is 1.30 bits per heavy atom. The Morgan fingerprint density at radius 2 is 2.07 bits per heavy atom. The molecule has 11 heteroatoms. The molecule has 11 nitrogen and oxygen atoms in total. The zero-order chi connectivity index (χ0) is 19.6. The number of rotatable bonds is 5. The van der Waals surface area contributed by atoms with E-state index in [1.54, 1.807) is 6.07 Å². The Morgan fingerprint density at radius 3 is 2.74 bits per heavy atom. The van der Waals surface area contributed by atoms with Gasteiger partial charge >= 0.3 is 6.09 Å². The molecular formula is C16H19N7O4. The molecule has 0 aliphatic rings. The molecule has 27 heavy (non-hydrogen) atoms. The molecule has 0 fully saturated rings. The highest BCUT2D eigenvalue weighted by Crippen LogP contribution is 2.20. The molecule has 0 bridgehead atoms. The van der Waals surface area contributed by atoms with E-state index in [2.05, 4.69) is 35.3 Å². The number of ether oxygens (including phenoxy) is 2. The molecule has 0 aliphatic heterocycles. The highest BCUT2D eigenvalue weighted by Gasteiger charge is 2.18. The van der Waals surface area contributed by atoms with Crippen LogP contribution in [0.4, 0.5) is 10.7 Å². The minimum Gasteiger partial charge on any atom is -0.495 e. The topological polar surface area (TPSA) is 137 Å². The molecule has 0 saturated heterocycles. The second-order valence-electron chi connectivity index (χ2n) is 5.69. The van der Waals surface area contributed by atoms with Gasteiger partial charge in [0.1, 0.15) is 17.0 Å². The number of anilines is 1. The van der Waals surface area contributed by atoms with Gasteiger partial charge in [-0.2, -0.15) is 10.2 Å². The fourth-order valence-electron chi connectivity index (χ4n) is 2.63. The third kappa shape index (κ3) is 3.57. The molecule has 0 radical (unpaired) electrons. The number of amides is 1. The number of hydrogen-bond acceptors (Lipinski definition) is 8. The number of aryl methyl sites for hydroxylation is 2. The largest absolute Gasteiger partial charge is 0.495 e. The summed E-state index contributed by atoms with van der Waals surface area (Å²) < 4.78 is 11.4. The molecule has 0 saturated carbocycles. The van der Waals surface area contributed by atoms with Crippen molar-refractivity contribution < 1.29 is 14.3 Å². The summed E-state index contributed by atoms with van der Waals surface area (Å²) in [5.41, 5.74) is 2.08. The summed E-state index contributed by atoms with van der Waals surface area (Å²) in [4.78, 5) is 30.8. The van der Waals surface area contributed by atoms with Crippen molar-refractivity contribution in [3.8, 4) is 5.75 Å². The highest BCUT2D eigenvalue weighted by atomic mass is 16.5. The van der Waals surface area contributed by atoms with E-state index in [1.165, 1.54) is 18.9 Å². The maximum atomic E-state index is 12.6. The smallest absolute Gasteiger partial charge is 0.413 e. The Labute approximate surface area is 153 Å². The maximum Gasteiger partial charge on any atom is 0.413 e. The number of hydrogen-bond donors (Lipinski definition) is 2. The molecule has 0 aliphatic carbocycles. The van der Waals surface area contributed by atoms with Crippen molar-refractivity contribution in [3.63, 3.8) is 0 Å². The molecule has 0 aromatic carbocycles. The molecule has 3 rings (SSSR count). The van der Waals surface area contributed by atoms with Gasteiger partial charge in [-0.15, -0.1) is 5.10 Å². The molecule has 0 atom stereocenters. The Kier molecular flexibility index (Phi) is 5.01. The first-order valence-corrected chi connectivity index (χ1v) is 8.18. The SMILES string of the molecule is CCc1nn(Cc2nnc(C)cc2OC)c2c(=O)[nH]c(NC(=O)OC)nc12. The van der Waals surface area contributed by atoms with Crippen LogP contribution in [0, 0.1) is 6.92 Å². The fraction of sp³-hybridized carbons (Fsp3) is 0.375. The maximum absolute atomic E-state index is 12.6. The predicted molar refractivity (Wildman–Crippen MR) is 96.0 cm³/mol. The third-order valence-electron chi connectivity index (χ3n) is 3.88. The molecule has 0 spiro atoms. The summed E-state index contributed by atoms with van der Waals surface area (Å²) in [6, 6.07) is 1.76. The third-order valence-corrected chi connectivity index (χ3v) is 3.88. The van der Waals surface area contributed by atoms with Gasteiger partial charge in [-0.05, 0) is 13.3 Å². The van der Waals surface area contributed by atoms with Crippen molar-refractivity contribution in [2.24, 2.45) is 0 Å². The van der Waals surface area contributed by atoms with Crippen LogP contribution in [0.3, 0.4) is 0 Å². The van der Waals surface area contributed by atoms with E-state index in [9.17, 15) is 9.59 Å². The van der Waals surface area contributed by atoms with Crippen LogP contribution < -0.4 is 15.6 Å². The van der Waals surface area contributed by atoms with Crippen molar-refractivity contribution >= 4 is 23.1 Å². The first-order chi connectivity index (χ1) is 13.0. The van der Waals surface area contributed by atoms with E-state index in [1.807, 2.05) is 13.8 Å². The van der Waals surface area contributed by atoms with Gasteiger partial charge in [0.05, 0.1) is 32.2 Å². The summed E-state index contributed by atoms with van der Waals surface area (Å²) in [6.45, 7) is 3.89. The highest BCUT2D eigenvalue weighted by molar-refractivity contribution is 5.84. The van der Waals surface area contributed by atoms with E-state index < -0.39 is 11.7 Å². The van der Waals surface area contributed by atoms with Gasteiger partial charge in [0, 0.05) is 6.07 Å². The summed E-state index contributed by atoms with van der Waals surface area (Å²) in [5, 5.41) is 15.0. The van der Waals surface area contributed by atoms with E-state index in [0.29, 0.717) is 34.8 Å². The molecule has 3 aromatic heterocycles. The minimum atomic E-state index is -0.734. The number of H-pyrrole nitrogens is 1. The summed E-state index contributed by atoms with van der Waals surface area (Å²) in [7, 11) is 2.76. The first kappa shape index (κ1) is 18.3. The quantitative estimate of drug-likeness (QED) is 0.676. The average Bonchev–Trinajstić information content (AvgIpc) is 3.00.